The average molecular weight is 1130 g/mol. The molecule has 2 fully saturated rings. The van der Waals surface area contributed by atoms with E-state index in [1.54, 1.807) is 12.0 Å². The Morgan fingerprint density at radius 2 is 1.51 bits per heavy atom. The topological polar surface area (TPSA) is 352 Å². The number of hydrogen-bond acceptors (Lipinski definition) is 18. The molecule has 2 aromatic carbocycles. The summed E-state index contributed by atoms with van der Waals surface area (Å²) in [7, 11) is 1.65. The number of nitrogens with zero attached hydrogens (tertiary/aromatic N) is 5. The van der Waals surface area contributed by atoms with Gasteiger partial charge in [0.15, 0.2) is 11.9 Å². The monoisotopic (exact) mass is 1130 g/mol. The molecule has 0 radical (unpaired) electrons. The average Bonchev–Trinajstić information content (AvgIpc) is 4.13. The lowest BCUT2D eigenvalue weighted by Crippen LogP contribution is -2.61. The molecule has 0 spiro atoms. The minimum Gasteiger partial charge on any atom is -0.496 e. The molecule has 4 heterocycles. The summed E-state index contributed by atoms with van der Waals surface area (Å²) in [6, 6.07) is 12.3. The number of carboxylic acid groups (broad SMARTS) is 2. The zero-order valence-electron chi connectivity index (χ0n) is 46.6. The molecule has 4 amide bonds. The standard InChI is InChI=1S/C56H80N10O15/c1-5-6-7-8-11-34(2)12-9-10-20-59-51-46-39(62-55(57)63-51)19-23-66(46)32-38-15-13-36(30-42(38)78-4)31-64-24-26-65(27-25-64)56(77)79-33-37-14-16-41(80-54-49(73)47(71)48(72)50(81-54)53(75)76)40(29-37)61-44(68)18-21-58-43(67)17-22-60-52(74)35(3)28-45(69)70/h13-16,19,23,29-30,34-35,47-50,54,71-73H,5-12,17-18,20-22,24-28,31-33H2,1-4H3,(H,58,67)(H,60,74)(H,61,68)(H,69,70)(H,75,76)(H3,57,59,62,63)/t34?,35?,47-,48-,49+,50-,54?/m1/s1. The number of hydrogen-bond donors (Lipinski definition) is 10. The summed E-state index contributed by atoms with van der Waals surface area (Å²) in [5.74, 6) is -3.00. The fourth-order valence-electron chi connectivity index (χ4n) is 9.64. The number of nitrogens with one attached hydrogen (secondary N) is 4. The quantitative estimate of drug-likeness (QED) is 0.0318. The minimum absolute atomic E-state index is 0.0333. The summed E-state index contributed by atoms with van der Waals surface area (Å²) in [5.41, 5.74) is 10.1. The third kappa shape index (κ3) is 18.9. The Morgan fingerprint density at radius 3 is 2.22 bits per heavy atom. The summed E-state index contributed by atoms with van der Waals surface area (Å²) in [6.45, 7) is 9.35. The van der Waals surface area contributed by atoms with Gasteiger partial charge in [-0.2, -0.15) is 4.98 Å². The van der Waals surface area contributed by atoms with Crippen molar-refractivity contribution in [3.8, 4) is 11.5 Å². The molecule has 444 valence electrons. The van der Waals surface area contributed by atoms with E-state index in [1.807, 2.05) is 18.3 Å². The number of carboxylic acids is 2. The van der Waals surface area contributed by atoms with Crippen molar-refractivity contribution in [3.05, 3.63) is 65.4 Å². The first-order valence-electron chi connectivity index (χ1n) is 27.8. The number of anilines is 3. The van der Waals surface area contributed by atoms with Gasteiger partial charge in [-0.1, -0.05) is 83.9 Å². The highest BCUT2D eigenvalue weighted by Gasteiger charge is 2.48. The minimum atomic E-state index is -1.98. The van der Waals surface area contributed by atoms with Crippen molar-refractivity contribution < 1.29 is 73.2 Å². The van der Waals surface area contributed by atoms with Crippen LogP contribution in [0.15, 0.2) is 48.7 Å². The van der Waals surface area contributed by atoms with E-state index in [0.717, 1.165) is 53.2 Å². The Bertz CT molecular complexity index is 2750. The molecule has 11 N–H and O–H groups in total. The van der Waals surface area contributed by atoms with Crippen molar-refractivity contribution in [1.82, 2.24) is 35.0 Å². The molecule has 4 aromatic rings. The number of nitrogen functional groups attached to an aromatic ring is 1. The van der Waals surface area contributed by atoms with Crippen LogP contribution in [-0.4, -0.2) is 169 Å². The predicted molar refractivity (Wildman–Crippen MR) is 298 cm³/mol. The normalized spacial score (nSPS) is 19.0. The van der Waals surface area contributed by atoms with Crippen LogP contribution in [0.2, 0.25) is 0 Å². The molecule has 0 bridgehead atoms. The van der Waals surface area contributed by atoms with Crippen LogP contribution in [0, 0.1) is 11.8 Å². The van der Waals surface area contributed by atoms with Gasteiger partial charge < -0.3 is 80.9 Å². The van der Waals surface area contributed by atoms with Crippen LogP contribution in [0.1, 0.15) is 108 Å². The number of aliphatic hydroxyl groups is 3. The number of piperazine rings is 1. The number of methoxy groups -OCH3 is 1. The van der Waals surface area contributed by atoms with Gasteiger partial charge in [-0.25, -0.2) is 14.6 Å². The molecule has 7 atom stereocenters. The SMILES string of the molecule is CCCCCCC(C)CCCCNc1nc(N)nc2ccn(Cc3ccc(CN4CCN(C(=O)OCc5ccc(OC6O[C@@H](C(=O)O)[C@H](O)[C@@H](O)[C@@H]6O)c(NC(=O)CCNC(=O)CCNC(=O)C(C)CC(=O)O)c5)CC4)cc3OC)c12. The zero-order chi connectivity index (χ0) is 58.6. The van der Waals surface area contributed by atoms with E-state index in [2.05, 4.69) is 66.7 Å². The molecular formula is C56H80N10O15. The molecule has 6 rings (SSSR count). The van der Waals surface area contributed by atoms with Gasteiger partial charge in [0.2, 0.25) is 30.0 Å². The highest BCUT2D eigenvalue weighted by molar-refractivity contribution is 5.93. The van der Waals surface area contributed by atoms with Gasteiger partial charge in [-0.15, -0.1) is 0 Å². The Labute approximate surface area is 470 Å². The molecule has 2 aliphatic rings. The van der Waals surface area contributed by atoms with Crippen LogP contribution in [0.25, 0.3) is 11.0 Å². The summed E-state index contributed by atoms with van der Waals surface area (Å²) >= 11 is 0. The van der Waals surface area contributed by atoms with Crippen molar-refractivity contribution in [2.45, 2.75) is 142 Å². The fourth-order valence-corrected chi connectivity index (χ4v) is 9.64. The van der Waals surface area contributed by atoms with Gasteiger partial charge in [0, 0.05) is 82.9 Å². The van der Waals surface area contributed by atoms with Gasteiger partial charge in [0.1, 0.15) is 41.9 Å². The number of benzene rings is 2. The number of rotatable bonds is 31. The van der Waals surface area contributed by atoms with Gasteiger partial charge in [0.05, 0.1) is 31.3 Å². The number of amides is 4. The lowest BCUT2D eigenvalue weighted by molar-refractivity contribution is -0.271. The van der Waals surface area contributed by atoms with E-state index in [0.29, 0.717) is 50.6 Å². The molecular weight excluding hydrogens is 1050 g/mol. The van der Waals surface area contributed by atoms with E-state index in [4.69, 9.17) is 29.8 Å². The summed E-state index contributed by atoms with van der Waals surface area (Å²) in [5, 5.41) is 60.8. The highest BCUT2D eigenvalue weighted by atomic mass is 16.7. The molecule has 2 aliphatic heterocycles. The number of aliphatic hydroxyl groups excluding tert-OH is 3. The number of unbranched alkanes of at least 4 members (excludes halogenated alkanes) is 4. The molecule has 3 unspecified atom stereocenters. The second-order valence-corrected chi connectivity index (χ2v) is 20.8. The third-order valence-corrected chi connectivity index (χ3v) is 14.3. The lowest BCUT2D eigenvalue weighted by atomic mass is 9.97. The van der Waals surface area contributed by atoms with Crippen molar-refractivity contribution in [3.63, 3.8) is 0 Å². The van der Waals surface area contributed by atoms with Gasteiger partial charge in [-0.3, -0.25) is 24.1 Å². The third-order valence-electron chi connectivity index (χ3n) is 14.3. The van der Waals surface area contributed by atoms with Crippen LogP contribution in [0.3, 0.4) is 0 Å². The Morgan fingerprint density at radius 1 is 0.790 bits per heavy atom. The molecule has 2 saturated heterocycles. The van der Waals surface area contributed by atoms with Crippen LogP contribution in [0.4, 0.5) is 22.2 Å². The van der Waals surface area contributed by atoms with Gasteiger partial charge >= 0.3 is 18.0 Å². The van der Waals surface area contributed by atoms with Crippen LogP contribution >= 0.6 is 0 Å². The molecule has 2 aromatic heterocycles. The number of aromatic nitrogens is 3. The van der Waals surface area contributed by atoms with Crippen LogP contribution < -0.4 is 36.5 Å². The van der Waals surface area contributed by atoms with Crippen molar-refractivity contribution in [1.29, 1.82) is 0 Å². The maximum absolute atomic E-state index is 13.4. The maximum Gasteiger partial charge on any atom is 0.410 e. The summed E-state index contributed by atoms with van der Waals surface area (Å²) in [4.78, 5) is 86.6. The molecule has 0 saturated carbocycles. The number of carbonyl (C=O) groups is 6. The van der Waals surface area contributed by atoms with E-state index in [-0.39, 0.29) is 56.3 Å². The second kappa shape index (κ2) is 31.0. The first-order valence-corrected chi connectivity index (χ1v) is 27.8. The highest BCUT2D eigenvalue weighted by Crippen LogP contribution is 2.32. The lowest BCUT2D eigenvalue weighted by Gasteiger charge is -2.38. The predicted octanol–water partition coefficient (Wildman–Crippen LogP) is 4.05. The van der Waals surface area contributed by atoms with E-state index in [1.165, 1.54) is 63.6 Å². The first kappa shape index (κ1) is 62.9. The van der Waals surface area contributed by atoms with Crippen LogP contribution in [-0.2, 0) is 53.1 Å². The zero-order valence-corrected chi connectivity index (χ0v) is 46.6. The molecule has 81 heavy (non-hydrogen) atoms. The number of nitrogens with two attached hydrogens (primary N) is 1. The molecule has 25 nitrogen and oxygen atoms in total. The second-order valence-electron chi connectivity index (χ2n) is 20.8. The number of ether oxygens (including phenoxy) is 4. The van der Waals surface area contributed by atoms with E-state index in [9.17, 15) is 49.2 Å². The summed E-state index contributed by atoms with van der Waals surface area (Å²) in [6.07, 6.45) is 0.812. The Balaban J connectivity index is 1.00. The Hall–Kier alpha value is -7.32. The van der Waals surface area contributed by atoms with E-state index >= 15 is 0 Å². The van der Waals surface area contributed by atoms with Gasteiger partial charge in [-0.05, 0) is 47.7 Å². The molecule has 0 aliphatic carbocycles. The maximum atomic E-state index is 13.4. The number of carbonyl (C=O) groups excluding carboxylic acids is 4. The van der Waals surface area contributed by atoms with Crippen LogP contribution in [0.5, 0.6) is 11.5 Å². The number of aliphatic carboxylic acids is 2. The van der Waals surface area contributed by atoms with Crippen molar-refractivity contribution >= 4 is 64.2 Å². The van der Waals surface area contributed by atoms with Gasteiger partial charge in [0.25, 0.3) is 0 Å². The fraction of sp³-hybridized carbons (Fsp3) is 0.571. The Kier molecular flexibility index (Phi) is 24.1. The van der Waals surface area contributed by atoms with E-state index < -0.39 is 72.4 Å². The summed E-state index contributed by atoms with van der Waals surface area (Å²) < 4.78 is 24.7. The van der Waals surface area contributed by atoms with Crippen molar-refractivity contribution in [2.75, 3.05) is 69.3 Å². The number of fused-ring (bicyclic) bond motifs is 1. The first-order chi connectivity index (χ1) is 38.8. The molecule has 25 heteroatoms. The largest absolute Gasteiger partial charge is 0.496 e. The smallest absolute Gasteiger partial charge is 0.410 e. The van der Waals surface area contributed by atoms with Crippen molar-refractivity contribution in [2.24, 2.45) is 11.8 Å².